The van der Waals surface area contributed by atoms with E-state index in [0.29, 0.717) is 24.3 Å². The van der Waals surface area contributed by atoms with Crippen LogP contribution < -0.4 is 10.6 Å². The molecule has 2 rings (SSSR count). The molecule has 7 heteroatoms. The monoisotopic (exact) mass is 281 g/mol. The largest absolute Gasteiger partial charge is 0.393 e. The van der Waals surface area contributed by atoms with E-state index in [1.54, 1.807) is 6.92 Å². The van der Waals surface area contributed by atoms with Crippen LogP contribution in [0.1, 0.15) is 44.3 Å². The number of aliphatic hydroxyl groups is 1. The number of nitrogens with one attached hydrogen (secondary N) is 2. The Labute approximate surface area is 118 Å². The van der Waals surface area contributed by atoms with Gasteiger partial charge in [0.05, 0.1) is 6.10 Å². The summed E-state index contributed by atoms with van der Waals surface area (Å²) in [4.78, 5) is 8.57. The van der Waals surface area contributed by atoms with Crippen molar-refractivity contribution in [1.29, 1.82) is 0 Å². The molecule has 112 valence electrons. The van der Waals surface area contributed by atoms with Gasteiger partial charge < -0.3 is 20.3 Å². The number of rotatable bonds is 4. The molecule has 3 N–H and O–H groups in total. The van der Waals surface area contributed by atoms with Crippen molar-refractivity contribution in [2.75, 3.05) is 6.54 Å². The van der Waals surface area contributed by atoms with Gasteiger partial charge in [0.15, 0.2) is 11.8 Å². The zero-order valence-corrected chi connectivity index (χ0v) is 12.1. The number of hydrogen-bond acceptors (Lipinski definition) is 5. The van der Waals surface area contributed by atoms with E-state index in [2.05, 4.69) is 25.8 Å². The Balaban J connectivity index is 1.88. The highest BCUT2D eigenvalue weighted by Gasteiger charge is 2.20. The van der Waals surface area contributed by atoms with Gasteiger partial charge in [-0.3, -0.25) is 0 Å². The van der Waals surface area contributed by atoms with Crippen LogP contribution in [0.15, 0.2) is 9.52 Å². The summed E-state index contributed by atoms with van der Waals surface area (Å²) in [5.41, 5.74) is 0. The second kappa shape index (κ2) is 7.23. The molecule has 1 aliphatic carbocycles. The number of aliphatic imine (C=N–C) groups is 1. The predicted molar refractivity (Wildman–Crippen MR) is 75.2 cm³/mol. The molecule has 7 nitrogen and oxygen atoms in total. The molecule has 1 aromatic rings. The van der Waals surface area contributed by atoms with Crippen LogP contribution in [0, 0.1) is 6.92 Å². The van der Waals surface area contributed by atoms with Gasteiger partial charge in [0.2, 0.25) is 5.89 Å². The van der Waals surface area contributed by atoms with Crippen molar-refractivity contribution < 1.29 is 9.63 Å². The van der Waals surface area contributed by atoms with E-state index < -0.39 is 0 Å². The Morgan fingerprint density at radius 2 is 2.15 bits per heavy atom. The molecule has 0 unspecified atom stereocenters. The minimum absolute atomic E-state index is 0.144. The number of hydrogen-bond donors (Lipinski definition) is 3. The maximum Gasteiger partial charge on any atom is 0.248 e. The molecule has 0 atom stereocenters. The van der Waals surface area contributed by atoms with E-state index in [0.717, 1.165) is 38.2 Å². The third-order valence-electron chi connectivity index (χ3n) is 3.32. The van der Waals surface area contributed by atoms with Crippen molar-refractivity contribution in [3.63, 3.8) is 0 Å². The molecule has 0 aromatic carbocycles. The maximum absolute atomic E-state index is 9.52. The molecule has 0 radical (unpaired) electrons. The maximum atomic E-state index is 9.52. The minimum Gasteiger partial charge on any atom is -0.393 e. The van der Waals surface area contributed by atoms with Crippen LogP contribution >= 0.6 is 0 Å². The fourth-order valence-corrected chi connectivity index (χ4v) is 2.28. The highest BCUT2D eigenvalue weighted by Crippen LogP contribution is 2.18. The van der Waals surface area contributed by atoms with Crippen LogP contribution in [0.5, 0.6) is 0 Å². The lowest BCUT2D eigenvalue weighted by molar-refractivity contribution is 0.120. The Bertz CT molecular complexity index is 438. The second-order valence-electron chi connectivity index (χ2n) is 5.08. The van der Waals surface area contributed by atoms with Crippen LogP contribution in [-0.4, -0.2) is 39.9 Å². The summed E-state index contributed by atoms with van der Waals surface area (Å²) in [5, 5.41) is 19.9. The van der Waals surface area contributed by atoms with Gasteiger partial charge in [0, 0.05) is 12.6 Å². The molecule has 20 heavy (non-hydrogen) atoms. The molecule has 1 aromatic heterocycles. The first-order valence-electron chi connectivity index (χ1n) is 7.19. The quantitative estimate of drug-likeness (QED) is 0.556. The molecule has 0 saturated heterocycles. The molecule has 0 bridgehead atoms. The lowest BCUT2D eigenvalue weighted by Crippen LogP contribution is -2.45. The summed E-state index contributed by atoms with van der Waals surface area (Å²) in [6.07, 6.45) is 3.48. The lowest BCUT2D eigenvalue weighted by Gasteiger charge is -2.27. The Kier molecular flexibility index (Phi) is 5.34. The molecule has 1 heterocycles. The molecule has 1 aliphatic rings. The van der Waals surface area contributed by atoms with E-state index in [1.165, 1.54) is 0 Å². The third kappa shape index (κ3) is 4.48. The summed E-state index contributed by atoms with van der Waals surface area (Å²) >= 11 is 0. The molecule has 1 fully saturated rings. The van der Waals surface area contributed by atoms with Gasteiger partial charge in [-0.25, -0.2) is 4.99 Å². The van der Waals surface area contributed by atoms with Gasteiger partial charge in [-0.1, -0.05) is 5.16 Å². The molecule has 1 saturated carbocycles. The molecule has 0 spiro atoms. The first-order valence-corrected chi connectivity index (χ1v) is 7.19. The standard InChI is InChI=1S/C13H23N5O2/c1-3-14-13(15-8-12-16-9(2)18-20-12)17-10-4-6-11(19)7-5-10/h10-11,19H,3-8H2,1-2H3,(H2,14,15,17). The van der Waals surface area contributed by atoms with Gasteiger partial charge >= 0.3 is 0 Å². The first kappa shape index (κ1) is 14.8. The van der Waals surface area contributed by atoms with Crippen LogP contribution in [-0.2, 0) is 6.54 Å². The van der Waals surface area contributed by atoms with Crippen LogP contribution in [0.4, 0.5) is 0 Å². The second-order valence-corrected chi connectivity index (χ2v) is 5.08. The summed E-state index contributed by atoms with van der Waals surface area (Å²) in [6.45, 7) is 4.97. The van der Waals surface area contributed by atoms with E-state index in [-0.39, 0.29) is 6.10 Å². The summed E-state index contributed by atoms with van der Waals surface area (Å²) in [7, 11) is 0. The van der Waals surface area contributed by atoms with Gasteiger partial charge in [0.25, 0.3) is 0 Å². The summed E-state index contributed by atoms with van der Waals surface area (Å²) in [5.74, 6) is 1.89. The minimum atomic E-state index is -0.144. The van der Waals surface area contributed by atoms with Crippen molar-refractivity contribution in [2.45, 2.75) is 58.2 Å². The van der Waals surface area contributed by atoms with E-state index in [9.17, 15) is 5.11 Å². The Morgan fingerprint density at radius 3 is 2.75 bits per heavy atom. The van der Waals surface area contributed by atoms with Crippen molar-refractivity contribution in [3.05, 3.63) is 11.7 Å². The number of guanidine groups is 1. The van der Waals surface area contributed by atoms with Crippen LogP contribution in [0.3, 0.4) is 0 Å². The Hall–Kier alpha value is -1.63. The fourth-order valence-electron chi connectivity index (χ4n) is 2.28. The van der Waals surface area contributed by atoms with E-state index in [4.69, 9.17) is 4.52 Å². The lowest BCUT2D eigenvalue weighted by atomic mass is 9.93. The van der Waals surface area contributed by atoms with Crippen LogP contribution in [0.2, 0.25) is 0 Å². The van der Waals surface area contributed by atoms with Crippen LogP contribution in [0.25, 0.3) is 0 Å². The van der Waals surface area contributed by atoms with E-state index in [1.807, 2.05) is 6.92 Å². The third-order valence-corrected chi connectivity index (χ3v) is 3.32. The number of nitrogens with zero attached hydrogens (tertiary/aromatic N) is 3. The highest BCUT2D eigenvalue weighted by atomic mass is 16.5. The van der Waals surface area contributed by atoms with E-state index >= 15 is 0 Å². The predicted octanol–water partition coefficient (Wildman–Crippen LogP) is 0.737. The number of aliphatic hydroxyl groups excluding tert-OH is 1. The zero-order valence-electron chi connectivity index (χ0n) is 12.1. The van der Waals surface area contributed by atoms with Gasteiger partial charge in [0.1, 0.15) is 6.54 Å². The van der Waals surface area contributed by atoms with Gasteiger partial charge in [-0.15, -0.1) is 0 Å². The average molecular weight is 281 g/mol. The Morgan fingerprint density at radius 1 is 1.40 bits per heavy atom. The highest BCUT2D eigenvalue weighted by molar-refractivity contribution is 5.80. The fraction of sp³-hybridized carbons (Fsp3) is 0.769. The van der Waals surface area contributed by atoms with Gasteiger partial charge in [-0.2, -0.15) is 4.98 Å². The molecule has 0 amide bonds. The van der Waals surface area contributed by atoms with Crippen molar-refractivity contribution in [1.82, 2.24) is 20.8 Å². The summed E-state index contributed by atoms with van der Waals surface area (Å²) in [6, 6.07) is 0.362. The SMILES string of the molecule is CCNC(=NCc1nc(C)no1)NC1CCC(O)CC1. The van der Waals surface area contributed by atoms with Gasteiger partial charge in [-0.05, 0) is 39.5 Å². The normalized spacial score (nSPS) is 23.6. The topological polar surface area (TPSA) is 95.6 Å². The first-order chi connectivity index (χ1) is 9.67. The molecule has 0 aliphatic heterocycles. The number of aryl methyl sites for hydroxylation is 1. The van der Waals surface area contributed by atoms with Crippen molar-refractivity contribution in [3.8, 4) is 0 Å². The zero-order chi connectivity index (χ0) is 14.4. The molecular weight excluding hydrogens is 258 g/mol. The summed E-state index contributed by atoms with van der Waals surface area (Å²) < 4.78 is 5.04. The van der Waals surface area contributed by atoms with Crippen molar-refractivity contribution >= 4 is 5.96 Å². The van der Waals surface area contributed by atoms with Crippen molar-refractivity contribution in [2.24, 2.45) is 4.99 Å². The average Bonchev–Trinajstić information content (AvgIpc) is 2.85. The number of aromatic nitrogens is 2. The smallest absolute Gasteiger partial charge is 0.248 e. The molecular formula is C13H23N5O2.